The number of aromatic nitrogens is 2. The number of benzene rings is 3. The fourth-order valence-electron chi connectivity index (χ4n) is 3.70. The third-order valence-electron chi connectivity index (χ3n) is 5.65. The van der Waals surface area contributed by atoms with Crippen molar-refractivity contribution in [3.63, 3.8) is 0 Å². The van der Waals surface area contributed by atoms with E-state index in [0.717, 1.165) is 24.4 Å². The fraction of sp³-hybridized carbons (Fsp3) is 0.115. The molecule has 0 atom stereocenters. The van der Waals surface area contributed by atoms with E-state index in [1.54, 1.807) is 0 Å². The predicted octanol–water partition coefficient (Wildman–Crippen LogP) is 5.47. The highest BCUT2D eigenvalue weighted by Crippen LogP contribution is 2.50. The molecule has 3 aromatic carbocycles. The molecule has 14 heteroatoms. The molecule has 0 fully saturated rings. The van der Waals surface area contributed by atoms with Gasteiger partial charge in [0.05, 0.1) is 11.4 Å². The van der Waals surface area contributed by atoms with Crippen LogP contribution in [0.2, 0.25) is 0 Å². The van der Waals surface area contributed by atoms with Gasteiger partial charge in [0.15, 0.2) is 11.5 Å². The standard InChI is InChI=1S/C26H16F5N3O5S/c27-17-8-6-16(7-9-17)23(35)33-18-10-4-15(5-11-18)14-40(36,37)24-32-13-12-20(34-24)19-2-1-3-21-22(19)39-26(30,31)25(28,29)38-21/h1-13H,14H2,(H,33,35). The molecule has 0 bridgehead atoms. The van der Waals surface area contributed by atoms with Gasteiger partial charge in [-0.05, 0) is 60.2 Å². The number of alkyl halides is 4. The van der Waals surface area contributed by atoms with Gasteiger partial charge in [-0.1, -0.05) is 18.2 Å². The first-order chi connectivity index (χ1) is 18.8. The zero-order valence-corrected chi connectivity index (χ0v) is 20.8. The van der Waals surface area contributed by atoms with Crippen LogP contribution in [-0.4, -0.2) is 36.5 Å². The monoisotopic (exact) mass is 577 g/mol. The molecule has 5 rings (SSSR count). The minimum Gasteiger partial charge on any atom is -0.421 e. The summed E-state index contributed by atoms with van der Waals surface area (Å²) in [5.41, 5.74) is 0.484. The van der Waals surface area contributed by atoms with Crippen molar-refractivity contribution in [2.75, 3.05) is 5.32 Å². The number of para-hydroxylation sites is 1. The summed E-state index contributed by atoms with van der Waals surface area (Å²) in [6, 6.07) is 15.4. The van der Waals surface area contributed by atoms with E-state index in [2.05, 4.69) is 24.8 Å². The highest BCUT2D eigenvalue weighted by Gasteiger charge is 2.66. The normalized spacial score (nSPS) is 15.3. The number of carbonyl (C=O) groups excluding carboxylic acids is 1. The Morgan fingerprint density at radius 1 is 0.875 bits per heavy atom. The first-order valence-corrected chi connectivity index (χ1v) is 13.0. The van der Waals surface area contributed by atoms with Gasteiger partial charge in [0.25, 0.3) is 5.91 Å². The number of nitrogens with zero attached hydrogens (tertiary/aromatic N) is 2. The summed E-state index contributed by atoms with van der Waals surface area (Å²) in [5.74, 6) is -2.96. The maximum absolute atomic E-state index is 13.8. The lowest BCUT2D eigenvalue weighted by atomic mass is 10.1. The summed E-state index contributed by atoms with van der Waals surface area (Å²) in [6.07, 6.45) is -8.83. The quantitative estimate of drug-likeness (QED) is 0.239. The second kappa shape index (κ2) is 9.86. The van der Waals surface area contributed by atoms with E-state index in [1.165, 1.54) is 54.6 Å². The summed E-state index contributed by atoms with van der Waals surface area (Å²) in [5, 5.41) is 1.95. The maximum Gasteiger partial charge on any atom is 0.507 e. The van der Waals surface area contributed by atoms with Crippen LogP contribution < -0.4 is 14.8 Å². The van der Waals surface area contributed by atoms with Crippen molar-refractivity contribution in [1.82, 2.24) is 9.97 Å². The van der Waals surface area contributed by atoms with Crippen molar-refractivity contribution in [3.8, 4) is 22.8 Å². The summed E-state index contributed by atoms with van der Waals surface area (Å²) >= 11 is 0. The predicted molar refractivity (Wildman–Crippen MR) is 130 cm³/mol. The molecular formula is C26H16F5N3O5S. The Kier molecular flexibility index (Phi) is 6.66. The summed E-state index contributed by atoms with van der Waals surface area (Å²) in [6.45, 7) is 0. The molecule has 1 amide bonds. The van der Waals surface area contributed by atoms with Gasteiger partial charge in [-0.15, -0.1) is 0 Å². The number of nitrogens with one attached hydrogen (secondary N) is 1. The van der Waals surface area contributed by atoms with Gasteiger partial charge in [0.1, 0.15) is 5.82 Å². The van der Waals surface area contributed by atoms with Crippen molar-refractivity contribution >= 4 is 21.4 Å². The SMILES string of the molecule is O=C(Nc1ccc(CS(=O)(=O)c2nccc(-c3cccc4c3OC(F)(F)C(F)(F)O4)n2)cc1)c1ccc(F)cc1. The van der Waals surface area contributed by atoms with E-state index < -0.39 is 56.2 Å². The van der Waals surface area contributed by atoms with E-state index in [9.17, 15) is 35.2 Å². The average molecular weight is 577 g/mol. The first-order valence-electron chi connectivity index (χ1n) is 11.3. The Morgan fingerprint density at radius 3 is 2.25 bits per heavy atom. The minimum absolute atomic E-state index is 0.186. The summed E-state index contributed by atoms with van der Waals surface area (Å²) in [7, 11) is -4.17. The second-order valence-electron chi connectivity index (χ2n) is 8.51. The molecule has 8 nitrogen and oxygen atoms in total. The molecule has 0 aliphatic carbocycles. The largest absolute Gasteiger partial charge is 0.507 e. The smallest absolute Gasteiger partial charge is 0.421 e. The first kappa shape index (κ1) is 27.0. The molecule has 2 heterocycles. The van der Waals surface area contributed by atoms with E-state index in [4.69, 9.17) is 0 Å². The van der Waals surface area contributed by atoms with Crippen LogP contribution in [-0.2, 0) is 15.6 Å². The van der Waals surface area contributed by atoms with Crippen molar-refractivity contribution in [3.05, 3.63) is 95.9 Å². The lowest BCUT2D eigenvalue weighted by Gasteiger charge is -2.32. The van der Waals surface area contributed by atoms with Gasteiger partial charge >= 0.3 is 12.2 Å². The fourth-order valence-corrected chi connectivity index (χ4v) is 4.92. The van der Waals surface area contributed by atoms with Gasteiger partial charge < -0.3 is 14.8 Å². The van der Waals surface area contributed by atoms with Crippen LogP contribution in [0.25, 0.3) is 11.3 Å². The van der Waals surface area contributed by atoms with Gasteiger partial charge in [0, 0.05) is 23.0 Å². The molecule has 1 aliphatic rings. The molecule has 206 valence electrons. The number of hydrogen-bond donors (Lipinski definition) is 1. The number of fused-ring (bicyclic) bond motifs is 1. The summed E-state index contributed by atoms with van der Waals surface area (Å²) in [4.78, 5) is 20.0. The molecule has 1 N–H and O–H groups in total. The van der Waals surface area contributed by atoms with Crippen LogP contribution in [0.3, 0.4) is 0 Å². The Labute approximate surface area is 223 Å². The molecule has 0 unspecified atom stereocenters. The van der Waals surface area contributed by atoms with Crippen LogP contribution in [0.5, 0.6) is 11.5 Å². The van der Waals surface area contributed by atoms with Gasteiger partial charge in [-0.2, -0.15) is 17.6 Å². The third kappa shape index (κ3) is 5.30. The van der Waals surface area contributed by atoms with Gasteiger partial charge in [0.2, 0.25) is 15.0 Å². The third-order valence-corrected chi connectivity index (χ3v) is 7.12. The van der Waals surface area contributed by atoms with Crippen LogP contribution in [0.1, 0.15) is 15.9 Å². The number of rotatable bonds is 6. The van der Waals surface area contributed by atoms with Crippen LogP contribution in [0, 0.1) is 5.82 Å². The molecule has 1 aromatic heterocycles. The zero-order chi connectivity index (χ0) is 28.7. The number of hydrogen-bond acceptors (Lipinski definition) is 7. The second-order valence-corrected chi connectivity index (χ2v) is 10.4. The maximum atomic E-state index is 13.8. The topological polar surface area (TPSA) is 107 Å². The Hall–Kier alpha value is -4.59. The number of ether oxygens (including phenoxy) is 2. The number of halogens is 5. The summed E-state index contributed by atoms with van der Waals surface area (Å²) < 4.78 is 102. The molecular weight excluding hydrogens is 561 g/mol. The molecule has 0 saturated carbocycles. The molecule has 40 heavy (non-hydrogen) atoms. The minimum atomic E-state index is -4.98. The number of amides is 1. The van der Waals surface area contributed by atoms with E-state index in [0.29, 0.717) is 11.3 Å². The van der Waals surface area contributed by atoms with E-state index in [1.807, 2.05) is 0 Å². The van der Waals surface area contributed by atoms with Crippen molar-refractivity contribution in [2.24, 2.45) is 0 Å². The number of sulfone groups is 1. The highest BCUT2D eigenvalue weighted by atomic mass is 32.2. The van der Waals surface area contributed by atoms with Gasteiger partial charge in [-0.25, -0.2) is 22.8 Å². The van der Waals surface area contributed by atoms with Crippen LogP contribution in [0.15, 0.2) is 84.1 Å². The van der Waals surface area contributed by atoms with Crippen LogP contribution in [0.4, 0.5) is 27.6 Å². The highest BCUT2D eigenvalue weighted by molar-refractivity contribution is 7.90. The van der Waals surface area contributed by atoms with E-state index >= 15 is 0 Å². The Bertz CT molecular complexity index is 1700. The van der Waals surface area contributed by atoms with Crippen LogP contribution >= 0.6 is 0 Å². The van der Waals surface area contributed by atoms with Crippen molar-refractivity contribution < 1.29 is 44.6 Å². The lowest BCUT2D eigenvalue weighted by Crippen LogP contribution is -2.52. The molecule has 0 saturated heterocycles. The molecule has 0 spiro atoms. The van der Waals surface area contributed by atoms with Gasteiger partial charge in [-0.3, -0.25) is 4.79 Å². The average Bonchev–Trinajstić information content (AvgIpc) is 2.90. The van der Waals surface area contributed by atoms with Crippen molar-refractivity contribution in [1.29, 1.82) is 0 Å². The number of carbonyl (C=O) groups is 1. The number of anilines is 1. The lowest BCUT2D eigenvalue weighted by molar-refractivity contribution is -0.391. The molecule has 0 radical (unpaired) electrons. The Balaban J connectivity index is 1.35. The molecule has 1 aliphatic heterocycles. The van der Waals surface area contributed by atoms with E-state index in [-0.39, 0.29) is 16.8 Å². The molecule has 4 aromatic rings. The van der Waals surface area contributed by atoms with Crippen molar-refractivity contribution in [2.45, 2.75) is 23.1 Å². The zero-order valence-electron chi connectivity index (χ0n) is 19.9. The Morgan fingerprint density at radius 2 is 1.55 bits per heavy atom.